The molecule has 2 aliphatic heterocycles. The van der Waals surface area contributed by atoms with E-state index in [1.54, 1.807) is 0 Å². The Morgan fingerprint density at radius 1 is 0.862 bits per heavy atom. The Balaban J connectivity index is 1.77. The standard InChI is InChI=1S/C27H33N2/c1-26(2)18-20-12-7-9-14-22(20)24(28(26)5)16-11-17-25-23-15-10-8-13-21(23)19-27(3,4)29(25)6/h7-17H,18-19H2,1-6H3/q+1. The fourth-order valence-corrected chi connectivity index (χ4v) is 4.67. The maximum atomic E-state index is 2.42. The van der Waals surface area contributed by atoms with Crippen LogP contribution in [0.25, 0.3) is 5.70 Å². The van der Waals surface area contributed by atoms with Crippen LogP contribution in [0.5, 0.6) is 0 Å². The second-order valence-corrected chi connectivity index (χ2v) is 9.71. The molecule has 0 radical (unpaired) electrons. The van der Waals surface area contributed by atoms with Crippen LogP contribution in [0.3, 0.4) is 0 Å². The Kier molecular flexibility index (Phi) is 4.77. The van der Waals surface area contributed by atoms with E-state index >= 15 is 0 Å². The predicted octanol–water partition coefficient (Wildman–Crippen LogP) is 5.32. The minimum absolute atomic E-state index is 0.109. The van der Waals surface area contributed by atoms with E-state index in [0.29, 0.717) is 0 Å². The molecule has 0 aromatic heterocycles. The average molecular weight is 386 g/mol. The van der Waals surface area contributed by atoms with Crippen LogP contribution in [-0.2, 0) is 12.8 Å². The first kappa shape index (κ1) is 19.7. The summed E-state index contributed by atoms with van der Waals surface area (Å²) in [6.07, 6.45) is 8.94. The molecule has 2 aromatic rings. The molecule has 150 valence electrons. The van der Waals surface area contributed by atoms with Gasteiger partial charge in [0.1, 0.15) is 7.05 Å². The number of rotatable bonds is 2. The van der Waals surface area contributed by atoms with Gasteiger partial charge in [-0.15, -0.1) is 0 Å². The Hall–Kier alpha value is -2.61. The van der Waals surface area contributed by atoms with Crippen molar-refractivity contribution in [1.82, 2.24) is 4.90 Å². The SMILES string of the molecule is CN1C(=C/C=C/C2=[N+](C)C(C)(C)Cc3ccccc32)c2ccccc2CC1(C)C. The van der Waals surface area contributed by atoms with E-state index in [0.717, 1.165) is 12.8 Å². The molecule has 0 aliphatic carbocycles. The Morgan fingerprint density at radius 2 is 1.45 bits per heavy atom. The molecule has 0 amide bonds. The number of fused-ring (bicyclic) bond motifs is 2. The second-order valence-electron chi connectivity index (χ2n) is 9.71. The third-order valence-electron chi connectivity index (χ3n) is 6.88. The molecule has 0 unspecified atom stereocenters. The van der Waals surface area contributed by atoms with Gasteiger partial charge in [0.25, 0.3) is 0 Å². The lowest BCUT2D eigenvalue weighted by atomic mass is 9.84. The van der Waals surface area contributed by atoms with Gasteiger partial charge in [-0.25, -0.2) is 4.58 Å². The lowest BCUT2D eigenvalue weighted by molar-refractivity contribution is -0.575. The van der Waals surface area contributed by atoms with Crippen molar-refractivity contribution in [2.45, 2.75) is 51.6 Å². The van der Waals surface area contributed by atoms with Crippen molar-refractivity contribution in [1.29, 1.82) is 0 Å². The number of benzene rings is 2. The van der Waals surface area contributed by atoms with Crippen LogP contribution in [0.2, 0.25) is 0 Å². The van der Waals surface area contributed by atoms with E-state index in [9.17, 15) is 0 Å². The zero-order chi connectivity index (χ0) is 20.8. The second kappa shape index (κ2) is 7.02. The van der Waals surface area contributed by atoms with Crippen molar-refractivity contribution in [3.63, 3.8) is 0 Å². The first-order chi connectivity index (χ1) is 13.7. The Labute approximate surface area is 175 Å². The summed E-state index contributed by atoms with van der Waals surface area (Å²) < 4.78 is 2.42. The molecule has 2 aromatic carbocycles. The third-order valence-corrected chi connectivity index (χ3v) is 6.88. The zero-order valence-electron chi connectivity index (χ0n) is 18.7. The normalized spacial score (nSPS) is 21.4. The van der Waals surface area contributed by atoms with Gasteiger partial charge in [-0.05, 0) is 43.5 Å². The molecular weight excluding hydrogens is 352 g/mol. The van der Waals surface area contributed by atoms with Crippen LogP contribution in [0.1, 0.15) is 49.9 Å². The highest BCUT2D eigenvalue weighted by Gasteiger charge is 2.36. The summed E-state index contributed by atoms with van der Waals surface area (Å²) >= 11 is 0. The summed E-state index contributed by atoms with van der Waals surface area (Å²) in [5.41, 5.74) is 8.37. The largest absolute Gasteiger partial charge is 0.369 e. The zero-order valence-corrected chi connectivity index (χ0v) is 18.7. The molecular formula is C27H33N2+. The molecule has 0 atom stereocenters. The van der Waals surface area contributed by atoms with Crippen molar-refractivity contribution in [2.24, 2.45) is 0 Å². The van der Waals surface area contributed by atoms with Crippen molar-refractivity contribution in [3.05, 3.63) is 89.0 Å². The minimum atomic E-state index is 0.109. The van der Waals surface area contributed by atoms with Crippen LogP contribution in [0.4, 0.5) is 0 Å². The van der Waals surface area contributed by atoms with Gasteiger partial charge in [0.2, 0.25) is 5.71 Å². The molecule has 0 N–H and O–H groups in total. The third kappa shape index (κ3) is 3.46. The molecule has 0 bridgehead atoms. The van der Waals surface area contributed by atoms with Gasteiger partial charge in [-0.1, -0.05) is 48.5 Å². The van der Waals surface area contributed by atoms with Crippen molar-refractivity contribution >= 4 is 11.4 Å². The van der Waals surface area contributed by atoms with E-state index in [1.807, 2.05) is 0 Å². The van der Waals surface area contributed by atoms with Crippen LogP contribution in [-0.4, -0.2) is 40.4 Å². The van der Waals surface area contributed by atoms with Gasteiger partial charge in [-0.2, -0.15) is 0 Å². The average Bonchev–Trinajstić information content (AvgIpc) is 2.67. The van der Waals surface area contributed by atoms with Crippen LogP contribution >= 0.6 is 0 Å². The molecule has 2 heteroatoms. The Bertz CT molecular complexity index is 1030. The van der Waals surface area contributed by atoms with Crippen LogP contribution in [0.15, 0.2) is 66.8 Å². The maximum absolute atomic E-state index is 2.42. The summed E-state index contributed by atoms with van der Waals surface area (Å²) in [5.74, 6) is 0. The van der Waals surface area contributed by atoms with E-state index in [-0.39, 0.29) is 11.1 Å². The monoisotopic (exact) mass is 385 g/mol. The molecule has 2 heterocycles. The molecule has 0 spiro atoms. The number of hydrogen-bond acceptors (Lipinski definition) is 1. The fourth-order valence-electron chi connectivity index (χ4n) is 4.67. The molecule has 29 heavy (non-hydrogen) atoms. The van der Waals surface area contributed by atoms with E-state index < -0.39 is 0 Å². The minimum Gasteiger partial charge on any atom is -0.369 e. The highest BCUT2D eigenvalue weighted by molar-refractivity contribution is 6.07. The summed E-state index contributed by atoms with van der Waals surface area (Å²) in [5, 5.41) is 0. The van der Waals surface area contributed by atoms with E-state index in [2.05, 4.69) is 118 Å². The Morgan fingerprint density at radius 3 is 2.14 bits per heavy atom. The molecule has 2 aliphatic rings. The number of likely N-dealkylation sites (N-methyl/N-ethyl adjacent to an activating group) is 2. The highest BCUT2D eigenvalue weighted by Crippen LogP contribution is 2.36. The van der Waals surface area contributed by atoms with Gasteiger partial charge in [0.05, 0.1) is 0 Å². The lowest BCUT2D eigenvalue weighted by Crippen LogP contribution is -2.45. The fraction of sp³-hybridized carbons (Fsp3) is 0.370. The van der Waals surface area contributed by atoms with Crippen molar-refractivity contribution in [2.75, 3.05) is 14.1 Å². The van der Waals surface area contributed by atoms with Gasteiger partial charge < -0.3 is 4.90 Å². The van der Waals surface area contributed by atoms with Crippen LogP contribution in [0, 0.1) is 0 Å². The van der Waals surface area contributed by atoms with Gasteiger partial charge in [0.15, 0.2) is 5.54 Å². The number of hydrogen-bond donors (Lipinski definition) is 0. The number of nitrogens with zero attached hydrogens (tertiary/aromatic N) is 2. The summed E-state index contributed by atoms with van der Waals surface area (Å²) in [4.78, 5) is 2.42. The molecule has 0 saturated heterocycles. The van der Waals surface area contributed by atoms with Gasteiger partial charge in [0, 0.05) is 55.8 Å². The van der Waals surface area contributed by atoms with Crippen LogP contribution < -0.4 is 0 Å². The quantitative estimate of drug-likeness (QED) is 0.635. The van der Waals surface area contributed by atoms with Gasteiger partial charge >= 0.3 is 0 Å². The first-order valence-corrected chi connectivity index (χ1v) is 10.6. The van der Waals surface area contributed by atoms with E-state index in [1.165, 1.54) is 33.7 Å². The summed E-state index contributed by atoms with van der Waals surface area (Å²) in [6, 6.07) is 17.6. The van der Waals surface area contributed by atoms with Crippen molar-refractivity contribution < 1.29 is 4.58 Å². The number of allylic oxidation sites excluding steroid dienone is 3. The maximum Gasteiger partial charge on any atom is 0.207 e. The predicted molar refractivity (Wildman–Crippen MR) is 124 cm³/mol. The highest BCUT2D eigenvalue weighted by atomic mass is 15.2. The topological polar surface area (TPSA) is 6.25 Å². The smallest absolute Gasteiger partial charge is 0.207 e. The lowest BCUT2D eigenvalue weighted by Gasteiger charge is -2.44. The molecule has 4 rings (SSSR count). The molecule has 0 saturated carbocycles. The molecule has 0 fully saturated rings. The van der Waals surface area contributed by atoms with Crippen molar-refractivity contribution in [3.8, 4) is 0 Å². The molecule has 2 nitrogen and oxygen atoms in total. The summed E-state index contributed by atoms with van der Waals surface area (Å²) in [7, 11) is 4.43. The first-order valence-electron chi connectivity index (χ1n) is 10.6. The van der Waals surface area contributed by atoms with Gasteiger partial charge in [-0.3, -0.25) is 0 Å². The van der Waals surface area contributed by atoms with E-state index in [4.69, 9.17) is 0 Å². The summed E-state index contributed by atoms with van der Waals surface area (Å²) in [6.45, 7) is 9.29.